The summed E-state index contributed by atoms with van der Waals surface area (Å²) in [5.41, 5.74) is 0.749. The lowest BCUT2D eigenvalue weighted by Gasteiger charge is -2.08. The van der Waals surface area contributed by atoms with Gasteiger partial charge < -0.3 is 0 Å². The van der Waals surface area contributed by atoms with Crippen LogP contribution in [0, 0.1) is 22.7 Å². The Labute approximate surface area is 128 Å². The molecule has 5 nitrogen and oxygen atoms in total. The molecule has 0 radical (unpaired) electrons. The van der Waals surface area contributed by atoms with E-state index in [9.17, 15) is 8.42 Å². The first kappa shape index (κ1) is 14.5. The van der Waals surface area contributed by atoms with E-state index in [1.807, 2.05) is 12.1 Å². The second kappa shape index (κ2) is 5.63. The molecule has 0 aliphatic carbocycles. The number of sulfonamides is 1. The van der Waals surface area contributed by atoms with Gasteiger partial charge in [-0.2, -0.15) is 10.5 Å². The highest BCUT2D eigenvalue weighted by atomic mass is 79.9. The third-order valence-electron chi connectivity index (χ3n) is 2.30. The fourth-order valence-electron chi connectivity index (χ4n) is 1.39. The van der Waals surface area contributed by atoms with Crippen molar-refractivity contribution >= 4 is 43.0 Å². The molecular formula is C12H6BrN3O2S2. The monoisotopic (exact) mass is 367 g/mol. The molecule has 0 spiro atoms. The zero-order valence-corrected chi connectivity index (χ0v) is 13.0. The van der Waals surface area contributed by atoms with Gasteiger partial charge >= 0.3 is 0 Å². The molecule has 0 fully saturated rings. The minimum absolute atomic E-state index is 0.0605. The lowest BCUT2D eigenvalue weighted by Crippen LogP contribution is -2.11. The topological polar surface area (TPSA) is 93.8 Å². The predicted octanol–water partition coefficient (Wildman–Crippen LogP) is 3.05. The van der Waals surface area contributed by atoms with Gasteiger partial charge in [0.15, 0.2) is 0 Å². The number of rotatable bonds is 3. The molecule has 20 heavy (non-hydrogen) atoms. The number of hydrogen-bond donors (Lipinski definition) is 1. The van der Waals surface area contributed by atoms with Gasteiger partial charge in [-0.1, -0.05) is 0 Å². The molecule has 0 unspecified atom stereocenters. The Morgan fingerprint density at radius 3 is 2.45 bits per heavy atom. The molecule has 8 heteroatoms. The van der Waals surface area contributed by atoms with Gasteiger partial charge in [0, 0.05) is 4.47 Å². The molecule has 2 rings (SSSR count). The van der Waals surface area contributed by atoms with Crippen LogP contribution in [0.5, 0.6) is 0 Å². The summed E-state index contributed by atoms with van der Waals surface area (Å²) >= 11 is 4.10. The predicted molar refractivity (Wildman–Crippen MR) is 78.7 cm³/mol. The lowest BCUT2D eigenvalue weighted by atomic mass is 10.2. The van der Waals surface area contributed by atoms with Crippen LogP contribution in [0.1, 0.15) is 10.4 Å². The Hall–Kier alpha value is -1.87. The van der Waals surface area contributed by atoms with Crippen LogP contribution in [0.3, 0.4) is 0 Å². The molecule has 2 aromatic rings. The van der Waals surface area contributed by atoms with Crippen LogP contribution in [0.25, 0.3) is 0 Å². The smallest absolute Gasteiger partial charge is 0.271 e. The molecule has 0 aliphatic heterocycles. The second-order valence-electron chi connectivity index (χ2n) is 3.64. The molecule has 1 N–H and O–H groups in total. The molecule has 0 atom stereocenters. The maximum atomic E-state index is 12.1. The highest BCUT2D eigenvalue weighted by molar-refractivity contribution is 9.10. The summed E-state index contributed by atoms with van der Waals surface area (Å²) in [5.74, 6) is 0. The summed E-state index contributed by atoms with van der Waals surface area (Å²) in [4.78, 5) is 0.323. The van der Waals surface area contributed by atoms with Crippen LogP contribution < -0.4 is 4.72 Å². The fraction of sp³-hybridized carbons (Fsp3) is 0. The number of benzene rings is 1. The largest absolute Gasteiger partial charge is 0.278 e. The number of nitrogens with zero attached hydrogens (tertiary/aromatic N) is 2. The quantitative estimate of drug-likeness (QED) is 0.901. The maximum Gasteiger partial charge on any atom is 0.271 e. The van der Waals surface area contributed by atoms with E-state index in [4.69, 9.17) is 10.5 Å². The van der Waals surface area contributed by atoms with Gasteiger partial charge in [0.2, 0.25) is 0 Å². The van der Waals surface area contributed by atoms with E-state index >= 15 is 0 Å². The summed E-state index contributed by atoms with van der Waals surface area (Å²) in [7, 11) is -3.74. The van der Waals surface area contributed by atoms with Gasteiger partial charge in [-0.05, 0) is 46.3 Å². The maximum absolute atomic E-state index is 12.1. The molecule has 0 saturated carbocycles. The van der Waals surface area contributed by atoms with Crippen molar-refractivity contribution in [3.8, 4) is 12.1 Å². The molecule has 0 saturated heterocycles. The van der Waals surface area contributed by atoms with Crippen LogP contribution in [0.2, 0.25) is 0 Å². The van der Waals surface area contributed by atoms with E-state index in [0.717, 1.165) is 11.3 Å². The molecular weight excluding hydrogens is 362 g/mol. The highest BCUT2D eigenvalue weighted by Crippen LogP contribution is 2.28. The van der Waals surface area contributed by atoms with E-state index in [2.05, 4.69) is 20.7 Å². The summed E-state index contributed by atoms with van der Waals surface area (Å²) < 4.78 is 27.2. The first-order chi connectivity index (χ1) is 9.46. The number of anilines is 1. The van der Waals surface area contributed by atoms with Crippen LogP contribution in [0.15, 0.2) is 39.0 Å². The third-order valence-corrected chi connectivity index (χ3v) is 5.80. The van der Waals surface area contributed by atoms with Crippen molar-refractivity contribution in [2.75, 3.05) is 4.72 Å². The molecule has 0 aliphatic rings. The van der Waals surface area contributed by atoms with Crippen molar-refractivity contribution in [2.24, 2.45) is 0 Å². The Kier molecular flexibility index (Phi) is 4.09. The van der Waals surface area contributed by atoms with Crippen molar-refractivity contribution < 1.29 is 8.42 Å². The van der Waals surface area contributed by atoms with E-state index < -0.39 is 10.0 Å². The first-order valence-corrected chi connectivity index (χ1v) is 8.28. The van der Waals surface area contributed by atoms with Gasteiger partial charge in [-0.3, -0.25) is 4.72 Å². The van der Waals surface area contributed by atoms with Gasteiger partial charge in [-0.15, -0.1) is 11.3 Å². The summed E-state index contributed by atoms with van der Waals surface area (Å²) in [5, 5.41) is 17.5. The van der Waals surface area contributed by atoms with Crippen molar-refractivity contribution in [3.63, 3.8) is 0 Å². The zero-order valence-electron chi connectivity index (χ0n) is 9.79. The SMILES string of the molecule is N#Cc1ccc(NS(=O)(=O)c2ccc(C#N)s2)c(Br)c1. The van der Waals surface area contributed by atoms with Gasteiger partial charge in [-0.25, -0.2) is 8.42 Å². The van der Waals surface area contributed by atoms with Gasteiger partial charge in [0.25, 0.3) is 10.0 Å². The van der Waals surface area contributed by atoms with Crippen molar-refractivity contribution in [1.29, 1.82) is 10.5 Å². The standard InChI is InChI=1S/C12H6BrN3O2S2/c13-10-5-8(6-14)1-3-11(10)16-20(17,18)12-4-2-9(7-15)19-12/h1-5,16H. The summed E-state index contributed by atoms with van der Waals surface area (Å²) in [6, 6.07) is 11.2. The van der Waals surface area contributed by atoms with Gasteiger partial charge in [0.05, 0.1) is 17.3 Å². The van der Waals surface area contributed by atoms with Crippen LogP contribution in [-0.4, -0.2) is 8.42 Å². The number of hydrogen-bond acceptors (Lipinski definition) is 5. The lowest BCUT2D eigenvalue weighted by molar-refractivity contribution is 0.603. The summed E-state index contributed by atoms with van der Waals surface area (Å²) in [6.45, 7) is 0. The average molecular weight is 368 g/mol. The minimum atomic E-state index is -3.74. The Morgan fingerprint density at radius 2 is 1.90 bits per heavy atom. The average Bonchev–Trinajstić information content (AvgIpc) is 2.90. The van der Waals surface area contributed by atoms with E-state index in [0.29, 0.717) is 20.6 Å². The highest BCUT2D eigenvalue weighted by Gasteiger charge is 2.18. The van der Waals surface area contributed by atoms with Crippen LogP contribution in [0.4, 0.5) is 5.69 Å². The molecule has 1 heterocycles. The second-order valence-corrected chi connectivity index (χ2v) is 7.49. The van der Waals surface area contributed by atoms with E-state index in [-0.39, 0.29) is 4.21 Å². The Balaban J connectivity index is 2.34. The molecule has 1 aromatic carbocycles. The normalized spacial score (nSPS) is 10.6. The van der Waals surface area contributed by atoms with Crippen molar-refractivity contribution in [2.45, 2.75) is 4.21 Å². The minimum Gasteiger partial charge on any atom is -0.278 e. The fourth-order valence-corrected chi connectivity index (χ4v) is 4.18. The molecule has 0 bridgehead atoms. The molecule has 0 amide bonds. The van der Waals surface area contributed by atoms with E-state index in [1.165, 1.54) is 30.3 Å². The summed E-state index contributed by atoms with van der Waals surface area (Å²) in [6.07, 6.45) is 0. The molecule has 1 aromatic heterocycles. The van der Waals surface area contributed by atoms with E-state index in [1.54, 1.807) is 0 Å². The van der Waals surface area contributed by atoms with Crippen molar-refractivity contribution in [1.82, 2.24) is 0 Å². The number of thiophene rings is 1. The zero-order chi connectivity index (χ0) is 14.8. The first-order valence-electron chi connectivity index (χ1n) is 5.18. The van der Waals surface area contributed by atoms with Crippen LogP contribution >= 0.6 is 27.3 Å². The number of halogens is 1. The Bertz CT molecular complexity index is 844. The third kappa shape index (κ3) is 2.99. The number of nitrogens with one attached hydrogen (secondary N) is 1. The molecule has 100 valence electrons. The van der Waals surface area contributed by atoms with Crippen molar-refractivity contribution in [3.05, 3.63) is 45.2 Å². The Morgan fingerprint density at radius 1 is 1.15 bits per heavy atom. The number of nitriles is 2. The van der Waals surface area contributed by atoms with Gasteiger partial charge in [0.1, 0.15) is 15.2 Å². The van der Waals surface area contributed by atoms with Crippen LogP contribution in [-0.2, 0) is 10.0 Å².